The fourth-order valence-electron chi connectivity index (χ4n) is 1.31. The molecule has 1 rings (SSSR count). The molecule has 1 aromatic rings. The summed E-state index contributed by atoms with van der Waals surface area (Å²) in [7, 11) is 0. The number of nitrogens with zero attached hydrogens (tertiary/aromatic N) is 1. The van der Waals surface area contributed by atoms with Gasteiger partial charge in [-0.15, -0.1) is 0 Å². The third-order valence-electron chi connectivity index (χ3n) is 2.18. The van der Waals surface area contributed by atoms with E-state index in [9.17, 15) is 9.18 Å². The van der Waals surface area contributed by atoms with Crippen LogP contribution in [0.4, 0.5) is 4.39 Å². The van der Waals surface area contributed by atoms with Crippen LogP contribution in [0.1, 0.15) is 42.1 Å². The minimum atomic E-state index is -0.693. The standard InChI is InChI=1S/C12H12FNO/c1-2-3-7-11(15)10-6-4-5-9(8-14)12(10)13/h4-6H,2-3,7H2,1H3. The van der Waals surface area contributed by atoms with Gasteiger partial charge in [0.2, 0.25) is 0 Å². The Labute approximate surface area is 88.3 Å². The zero-order valence-electron chi connectivity index (χ0n) is 8.59. The van der Waals surface area contributed by atoms with Crippen molar-refractivity contribution < 1.29 is 9.18 Å². The van der Waals surface area contributed by atoms with E-state index in [-0.39, 0.29) is 16.9 Å². The zero-order valence-corrected chi connectivity index (χ0v) is 8.59. The Kier molecular flexibility index (Phi) is 3.99. The molecule has 1 aromatic carbocycles. The average Bonchev–Trinajstić information content (AvgIpc) is 2.26. The topological polar surface area (TPSA) is 40.9 Å². The molecule has 0 aromatic heterocycles. The minimum Gasteiger partial charge on any atom is -0.294 e. The molecule has 0 bridgehead atoms. The highest BCUT2D eigenvalue weighted by molar-refractivity contribution is 5.96. The Bertz CT molecular complexity index is 407. The number of unbranched alkanes of at least 4 members (excludes halogenated alkanes) is 1. The molecule has 0 aliphatic rings. The first-order valence-corrected chi connectivity index (χ1v) is 4.92. The SMILES string of the molecule is CCCCC(=O)c1cccc(C#N)c1F. The maximum atomic E-state index is 13.5. The summed E-state index contributed by atoms with van der Waals surface area (Å²) in [4.78, 5) is 11.5. The van der Waals surface area contributed by atoms with Crippen molar-refractivity contribution in [3.8, 4) is 6.07 Å². The highest BCUT2D eigenvalue weighted by Crippen LogP contribution is 2.15. The number of hydrogen-bond acceptors (Lipinski definition) is 2. The van der Waals surface area contributed by atoms with Crippen LogP contribution in [0.2, 0.25) is 0 Å². The summed E-state index contributed by atoms with van der Waals surface area (Å²) in [5.74, 6) is -0.924. The number of Topliss-reactive ketones (excluding diaryl/α,β-unsaturated/α-hetero) is 1. The van der Waals surface area contributed by atoms with Crippen molar-refractivity contribution in [1.82, 2.24) is 0 Å². The highest BCUT2D eigenvalue weighted by atomic mass is 19.1. The van der Waals surface area contributed by atoms with E-state index in [4.69, 9.17) is 5.26 Å². The quantitative estimate of drug-likeness (QED) is 0.709. The first-order chi connectivity index (χ1) is 7.20. The molecule has 0 spiro atoms. The minimum absolute atomic E-state index is 0.0301. The summed E-state index contributed by atoms with van der Waals surface area (Å²) < 4.78 is 13.5. The molecule has 0 saturated carbocycles. The van der Waals surface area contributed by atoms with Crippen LogP contribution in [-0.2, 0) is 0 Å². The Hall–Kier alpha value is -1.69. The van der Waals surface area contributed by atoms with E-state index >= 15 is 0 Å². The summed E-state index contributed by atoms with van der Waals surface area (Å²) in [5.41, 5.74) is -0.0418. The number of benzene rings is 1. The van der Waals surface area contributed by atoms with Crippen molar-refractivity contribution in [2.45, 2.75) is 26.2 Å². The van der Waals surface area contributed by atoms with Gasteiger partial charge in [0.05, 0.1) is 11.1 Å². The average molecular weight is 205 g/mol. The van der Waals surface area contributed by atoms with Crippen molar-refractivity contribution in [2.24, 2.45) is 0 Å². The van der Waals surface area contributed by atoms with Gasteiger partial charge in [0.15, 0.2) is 11.6 Å². The number of carbonyl (C=O) groups excluding carboxylic acids is 1. The third kappa shape index (κ3) is 2.63. The van der Waals surface area contributed by atoms with Gasteiger partial charge in [-0.05, 0) is 18.6 Å². The van der Waals surface area contributed by atoms with Crippen LogP contribution in [0.25, 0.3) is 0 Å². The van der Waals surface area contributed by atoms with E-state index in [0.717, 1.165) is 12.8 Å². The van der Waals surface area contributed by atoms with Crippen LogP contribution in [-0.4, -0.2) is 5.78 Å². The van der Waals surface area contributed by atoms with Gasteiger partial charge >= 0.3 is 0 Å². The van der Waals surface area contributed by atoms with E-state index in [0.29, 0.717) is 6.42 Å². The van der Waals surface area contributed by atoms with E-state index in [1.165, 1.54) is 18.2 Å². The van der Waals surface area contributed by atoms with Gasteiger partial charge in [-0.25, -0.2) is 4.39 Å². The maximum Gasteiger partial charge on any atom is 0.165 e. The second kappa shape index (κ2) is 5.26. The molecule has 0 fully saturated rings. The van der Waals surface area contributed by atoms with Crippen LogP contribution < -0.4 is 0 Å². The molecule has 0 atom stereocenters. The van der Waals surface area contributed by atoms with Crippen LogP contribution >= 0.6 is 0 Å². The first kappa shape index (κ1) is 11.4. The Morgan fingerprint density at radius 3 is 2.87 bits per heavy atom. The molecule has 0 N–H and O–H groups in total. The van der Waals surface area contributed by atoms with Crippen molar-refractivity contribution in [2.75, 3.05) is 0 Å². The number of rotatable bonds is 4. The predicted molar refractivity (Wildman–Crippen MR) is 55.0 cm³/mol. The van der Waals surface area contributed by atoms with Crippen LogP contribution in [0.5, 0.6) is 0 Å². The predicted octanol–water partition coefficient (Wildman–Crippen LogP) is 3.07. The Morgan fingerprint density at radius 1 is 1.53 bits per heavy atom. The number of carbonyl (C=O) groups is 1. The fourth-order valence-corrected chi connectivity index (χ4v) is 1.31. The number of nitriles is 1. The van der Waals surface area contributed by atoms with E-state index in [1.54, 1.807) is 6.07 Å². The second-order valence-electron chi connectivity index (χ2n) is 3.31. The molecular formula is C12H12FNO. The zero-order chi connectivity index (χ0) is 11.3. The summed E-state index contributed by atoms with van der Waals surface area (Å²) in [6.07, 6.45) is 1.97. The molecule has 2 nitrogen and oxygen atoms in total. The molecule has 78 valence electrons. The summed E-state index contributed by atoms with van der Waals surface area (Å²) in [5, 5.41) is 8.60. The fraction of sp³-hybridized carbons (Fsp3) is 0.333. The van der Waals surface area contributed by atoms with Crippen LogP contribution in [0, 0.1) is 17.1 Å². The van der Waals surface area contributed by atoms with E-state index in [2.05, 4.69) is 0 Å². The highest BCUT2D eigenvalue weighted by Gasteiger charge is 2.13. The molecule has 0 aliphatic carbocycles. The summed E-state index contributed by atoms with van der Waals surface area (Å²) >= 11 is 0. The molecule has 0 saturated heterocycles. The van der Waals surface area contributed by atoms with E-state index < -0.39 is 5.82 Å². The Balaban J connectivity index is 2.95. The number of hydrogen-bond donors (Lipinski definition) is 0. The monoisotopic (exact) mass is 205 g/mol. The van der Waals surface area contributed by atoms with Gasteiger partial charge in [0, 0.05) is 6.42 Å². The van der Waals surface area contributed by atoms with Crippen LogP contribution in [0.3, 0.4) is 0 Å². The van der Waals surface area contributed by atoms with Crippen LogP contribution in [0.15, 0.2) is 18.2 Å². The Morgan fingerprint density at radius 2 is 2.27 bits per heavy atom. The van der Waals surface area contributed by atoms with Crippen molar-refractivity contribution >= 4 is 5.78 Å². The molecule has 15 heavy (non-hydrogen) atoms. The summed E-state index contributed by atoms with van der Waals surface area (Å²) in [6, 6.07) is 6.04. The number of ketones is 1. The van der Waals surface area contributed by atoms with Gasteiger partial charge in [-0.2, -0.15) is 5.26 Å². The lowest BCUT2D eigenvalue weighted by atomic mass is 10.0. The first-order valence-electron chi connectivity index (χ1n) is 4.92. The van der Waals surface area contributed by atoms with Gasteiger partial charge in [0.1, 0.15) is 6.07 Å². The van der Waals surface area contributed by atoms with Gasteiger partial charge in [-0.1, -0.05) is 19.4 Å². The van der Waals surface area contributed by atoms with Crippen molar-refractivity contribution in [3.63, 3.8) is 0 Å². The smallest absolute Gasteiger partial charge is 0.165 e. The lowest BCUT2D eigenvalue weighted by molar-refractivity contribution is 0.0976. The molecular weight excluding hydrogens is 193 g/mol. The molecule has 0 radical (unpaired) electrons. The van der Waals surface area contributed by atoms with Gasteiger partial charge < -0.3 is 0 Å². The molecule has 0 aliphatic heterocycles. The largest absolute Gasteiger partial charge is 0.294 e. The molecule has 3 heteroatoms. The van der Waals surface area contributed by atoms with E-state index in [1.807, 2.05) is 6.92 Å². The molecule has 0 unspecified atom stereocenters. The summed E-state index contributed by atoms with van der Waals surface area (Å²) in [6.45, 7) is 1.97. The van der Waals surface area contributed by atoms with Gasteiger partial charge in [-0.3, -0.25) is 4.79 Å². The van der Waals surface area contributed by atoms with Crippen molar-refractivity contribution in [1.29, 1.82) is 5.26 Å². The molecule has 0 amide bonds. The van der Waals surface area contributed by atoms with Gasteiger partial charge in [0.25, 0.3) is 0 Å². The lowest BCUT2D eigenvalue weighted by Crippen LogP contribution is -2.03. The number of halogens is 1. The van der Waals surface area contributed by atoms with Crippen molar-refractivity contribution in [3.05, 3.63) is 35.1 Å². The second-order valence-corrected chi connectivity index (χ2v) is 3.31. The third-order valence-corrected chi connectivity index (χ3v) is 2.18. The maximum absolute atomic E-state index is 13.5. The molecule has 0 heterocycles. The normalized spacial score (nSPS) is 9.67. The lowest BCUT2D eigenvalue weighted by Gasteiger charge is -2.02.